The summed E-state index contributed by atoms with van der Waals surface area (Å²) < 4.78 is 7.88. The van der Waals surface area contributed by atoms with E-state index >= 15 is 0 Å². The van der Waals surface area contributed by atoms with Crippen LogP contribution in [0.25, 0.3) is 5.65 Å². The van der Waals surface area contributed by atoms with Crippen molar-refractivity contribution in [1.29, 1.82) is 0 Å². The molecule has 1 saturated carbocycles. The number of amides is 1. The number of ether oxygens (including phenoxy) is 1. The third kappa shape index (κ3) is 3.72. The molecule has 168 valence electrons. The van der Waals surface area contributed by atoms with Crippen molar-refractivity contribution in [3.05, 3.63) is 52.7 Å². The Bertz CT molecular complexity index is 1190. The highest BCUT2D eigenvalue weighted by Crippen LogP contribution is 2.38. The fourth-order valence-electron chi connectivity index (χ4n) is 5.20. The SMILES string of the molecule is Cc1ccc(O[C@@H]2C[C@@H]3CN(C(=O)c4cc5nc(C)cc(C)n5n4)C[C@@H]3C[C@H]2O)c(C)n1. The van der Waals surface area contributed by atoms with Crippen LogP contribution < -0.4 is 4.74 Å². The first kappa shape index (κ1) is 20.9. The molecule has 0 radical (unpaired) electrons. The monoisotopic (exact) mass is 435 g/mol. The maximum Gasteiger partial charge on any atom is 0.274 e. The van der Waals surface area contributed by atoms with E-state index in [1.165, 1.54) is 0 Å². The summed E-state index contributed by atoms with van der Waals surface area (Å²) in [5, 5.41) is 15.2. The Balaban J connectivity index is 1.30. The third-order valence-electron chi connectivity index (χ3n) is 6.78. The van der Waals surface area contributed by atoms with Gasteiger partial charge in [-0.05, 0) is 70.6 Å². The van der Waals surface area contributed by atoms with E-state index in [0.29, 0.717) is 48.9 Å². The zero-order chi connectivity index (χ0) is 22.6. The predicted molar refractivity (Wildman–Crippen MR) is 119 cm³/mol. The van der Waals surface area contributed by atoms with E-state index < -0.39 is 6.10 Å². The molecule has 0 bridgehead atoms. The number of hydrogen-bond donors (Lipinski definition) is 1. The van der Waals surface area contributed by atoms with Crippen LogP contribution in [0.15, 0.2) is 24.3 Å². The highest BCUT2D eigenvalue weighted by atomic mass is 16.5. The third-order valence-corrected chi connectivity index (χ3v) is 6.78. The van der Waals surface area contributed by atoms with Crippen LogP contribution in [0.4, 0.5) is 0 Å². The molecule has 3 aromatic rings. The number of aliphatic hydroxyl groups excluding tert-OH is 1. The fourth-order valence-corrected chi connectivity index (χ4v) is 5.20. The molecule has 4 atom stereocenters. The van der Waals surface area contributed by atoms with Crippen LogP contribution in [-0.4, -0.2) is 60.8 Å². The largest absolute Gasteiger partial charge is 0.486 e. The Morgan fingerprint density at radius 1 is 1.03 bits per heavy atom. The second-order valence-corrected chi connectivity index (χ2v) is 9.30. The lowest BCUT2D eigenvalue weighted by molar-refractivity contribution is -0.0236. The van der Waals surface area contributed by atoms with Gasteiger partial charge in [0.25, 0.3) is 5.91 Å². The van der Waals surface area contributed by atoms with Gasteiger partial charge in [0.1, 0.15) is 11.9 Å². The van der Waals surface area contributed by atoms with Crippen LogP contribution in [0, 0.1) is 39.5 Å². The number of aromatic nitrogens is 4. The van der Waals surface area contributed by atoms with Crippen molar-refractivity contribution in [1.82, 2.24) is 24.5 Å². The van der Waals surface area contributed by atoms with Gasteiger partial charge in [-0.2, -0.15) is 5.10 Å². The quantitative estimate of drug-likeness (QED) is 0.680. The summed E-state index contributed by atoms with van der Waals surface area (Å²) in [5.41, 5.74) is 4.73. The average Bonchev–Trinajstić information content (AvgIpc) is 3.33. The first-order valence-corrected chi connectivity index (χ1v) is 11.2. The lowest BCUT2D eigenvalue weighted by atomic mass is 9.78. The molecule has 8 heteroatoms. The highest BCUT2D eigenvalue weighted by Gasteiger charge is 2.44. The smallest absolute Gasteiger partial charge is 0.274 e. The molecule has 5 rings (SSSR count). The summed E-state index contributed by atoms with van der Waals surface area (Å²) in [6.45, 7) is 9.05. The van der Waals surface area contributed by atoms with Gasteiger partial charge < -0.3 is 14.7 Å². The van der Waals surface area contributed by atoms with Gasteiger partial charge in [0.2, 0.25) is 0 Å². The summed E-state index contributed by atoms with van der Waals surface area (Å²) in [4.78, 5) is 24.0. The Labute approximate surface area is 187 Å². The van der Waals surface area contributed by atoms with Gasteiger partial charge in [0.05, 0.1) is 11.8 Å². The number of aliphatic hydroxyl groups is 1. The molecule has 2 fully saturated rings. The van der Waals surface area contributed by atoms with Crippen molar-refractivity contribution in [3.8, 4) is 5.75 Å². The first-order valence-electron chi connectivity index (χ1n) is 11.2. The number of nitrogens with zero attached hydrogens (tertiary/aromatic N) is 5. The summed E-state index contributed by atoms with van der Waals surface area (Å²) in [6.07, 6.45) is 0.493. The molecule has 1 saturated heterocycles. The Morgan fingerprint density at radius 3 is 2.53 bits per heavy atom. The second-order valence-electron chi connectivity index (χ2n) is 9.30. The van der Waals surface area contributed by atoms with Gasteiger partial charge in [-0.3, -0.25) is 9.78 Å². The van der Waals surface area contributed by atoms with Crippen LogP contribution in [0.3, 0.4) is 0 Å². The second kappa shape index (κ2) is 7.85. The van der Waals surface area contributed by atoms with Gasteiger partial charge >= 0.3 is 0 Å². The van der Waals surface area contributed by atoms with Gasteiger partial charge in [-0.25, -0.2) is 9.50 Å². The van der Waals surface area contributed by atoms with Crippen LogP contribution in [0.5, 0.6) is 5.75 Å². The molecule has 1 amide bonds. The standard InChI is InChI=1S/C24H29N5O3/c1-13-5-6-21(16(4)25-13)32-22-9-18-12-28(11-17(18)8-20(22)30)24(31)19-10-23-26-14(2)7-15(3)29(23)27-19/h5-7,10,17-18,20,22,30H,8-9,11-12H2,1-4H3/t17-,18+,20+,22+/m0/s1. The molecule has 8 nitrogen and oxygen atoms in total. The number of fused-ring (bicyclic) bond motifs is 2. The van der Waals surface area contributed by atoms with E-state index in [2.05, 4.69) is 15.1 Å². The van der Waals surface area contributed by atoms with E-state index in [-0.39, 0.29) is 17.9 Å². The van der Waals surface area contributed by atoms with E-state index in [0.717, 1.165) is 22.8 Å². The zero-order valence-electron chi connectivity index (χ0n) is 18.9. The molecule has 4 heterocycles. The molecule has 1 N–H and O–H groups in total. The number of aryl methyl sites for hydroxylation is 4. The van der Waals surface area contributed by atoms with E-state index in [1.54, 1.807) is 10.6 Å². The molecule has 0 spiro atoms. The summed E-state index contributed by atoms with van der Waals surface area (Å²) in [7, 11) is 0. The van der Waals surface area contributed by atoms with Crippen LogP contribution in [-0.2, 0) is 0 Å². The van der Waals surface area contributed by atoms with Crippen molar-refractivity contribution in [2.75, 3.05) is 13.1 Å². The van der Waals surface area contributed by atoms with E-state index in [4.69, 9.17) is 4.74 Å². The Morgan fingerprint density at radius 2 is 1.78 bits per heavy atom. The fraction of sp³-hybridized carbons (Fsp3) is 0.500. The summed E-state index contributed by atoms with van der Waals surface area (Å²) in [6, 6.07) is 7.55. The minimum Gasteiger partial charge on any atom is -0.486 e. The lowest BCUT2D eigenvalue weighted by Crippen LogP contribution is -2.42. The molecule has 2 aliphatic rings. The molecular weight excluding hydrogens is 406 g/mol. The highest BCUT2D eigenvalue weighted by molar-refractivity contribution is 5.93. The molecule has 0 unspecified atom stereocenters. The molecule has 32 heavy (non-hydrogen) atoms. The number of carbonyl (C=O) groups is 1. The molecule has 1 aliphatic carbocycles. The van der Waals surface area contributed by atoms with E-state index in [9.17, 15) is 9.90 Å². The van der Waals surface area contributed by atoms with Crippen molar-refractivity contribution in [2.45, 2.75) is 52.7 Å². The van der Waals surface area contributed by atoms with Crippen molar-refractivity contribution in [3.63, 3.8) is 0 Å². The van der Waals surface area contributed by atoms with E-state index in [1.807, 2.05) is 50.8 Å². The lowest BCUT2D eigenvalue weighted by Gasteiger charge is -2.35. The zero-order valence-corrected chi connectivity index (χ0v) is 18.9. The molecule has 3 aromatic heterocycles. The Kier molecular flexibility index (Phi) is 5.12. The van der Waals surface area contributed by atoms with Crippen molar-refractivity contribution in [2.24, 2.45) is 11.8 Å². The minimum absolute atomic E-state index is 0.0764. The summed E-state index contributed by atoms with van der Waals surface area (Å²) >= 11 is 0. The summed E-state index contributed by atoms with van der Waals surface area (Å²) in [5.74, 6) is 1.20. The number of hydrogen-bond acceptors (Lipinski definition) is 6. The van der Waals surface area contributed by atoms with Gasteiger partial charge in [0.15, 0.2) is 11.3 Å². The number of likely N-dealkylation sites (tertiary alicyclic amines) is 1. The molecular formula is C24H29N5O3. The maximum atomic E-state index is 13.2. The van der Waals surface area contributed by atoms with Crippen molar-refractivity contribution < 1.29 is 14.6 Å². The number of rotatable bonds is 3. The average molecular weight is 436 g/mol. The topological polar surface area (TPSA) is 92.9 Å². The molecule has 1 aliphatic heterocycles. The van der Waals surface area contributed by atoms with Gasteiger partial charge in [-0.1, -0.05) is 0 Å². The van der Waals surface area contributed by atoms with Crippen LogP contribution in [0.2, 0.25) is 0 Å². The predicted octanol–water partition coefficient (Wildman–Crippen LogP) is 2.65. The van der Waals surface area contributed by atoms with Crippen LogP contribution in [0.1, 0.15) is 46.1 Å². The maximum absolute atomic E-state index is 13.2. The number of pyridine rings is 1. The Hall–Kier alpha value is -3.00. The van der Waals surface area contributed by atoms with Crippen LogP contribution >= 0.6 is 0 Å². The first-order chi connectivity index (χ1) is 15.3. The van der Waals surface area contributed by atoms with Gasteiger partial charge in [0, 0.05) is 36.2 Å². The molecule has 0 aromatic carbocycles. The van der Waals surface area contributed by atoms with Crippen molar-refractivity contribution >= 4 is 11.6 Å². The normalized spacial score (nSPS) is 25.2. The van der Waals surface area contributed by atoms with Gasteiger partial charge in [-0.15, -0.1) is 0 Å². The number of carbonyl (C=O) groups excluding carboxylic acids is 1. The minimum atomic E-state index is -0.558.